The largest absolute Gasteiger partial charge is 0.328 e. The zero-order chi connectivity index (χ0) is 12.3. The van der Waals surface area contributed by atoms with E-state index in [9.17, 15) is 8.42 Å². The Kier molecular flexibility index (Phi) is 3.76. The van der Waals surface area contributed by atoms with Crippen molar-refractivity contribution in [2.45, 2.75) is 42.7 Å². The lowest BCUT2D eigenvalue weighted by molar-refractivity contribution is 0.373. The van der Waals surface area contributed by atoms with E-state index in [0.29, 0.717) is 0 Å². The van der Waals surface area contributed by atoms with Crippen molar-refractivity contribution in [3.63, 3.8) is 0 Å². The molecule has 2 rings (SSSR count). The van der Waals surface area contributed by atoms with Gasteiger partial charge >= 0.3 is 0 Å². The monoisotopic (exact) mass is 255 g/mol. The van der Waals surface area contributed by atoms with Gasteiger partial charge in [0.2, 0.25) is 10.0 Å². The summed E-state index contributed by atoms with van der Waals surface area (Å²) in [6.07, 6.45) is 6.28. The molecule has 94 valence electrons. The van der Waals surface area contributed by atoms with Crippen LogP contribution < -0.4 is 10.5 Å². The summed E-state index contributed by atoms with van der Waals surface area (Å²) in [6.45, 7) is 0. The van der Waals surface area contributed by atoms with Crippen LogP contribution in [0.5, 0.6) is 0 Å². The highest BCUT2D eigenvalue weighted by atomic mass is 32.2. The van der Waals surface area contributed by atoms with Crippen molar-refractivity contribution in [2.24, 2.45) is 5.73 Å². The maximum Gasteiger partial charge on any atom is 0.242 e. The Balaban J connectivity index is 2.03. The van der Waals surface area contributed by atoms with Crippen LogP contribution in [-0.4, -0.2) is 25.5 Å². The molecule has 1 aromatic rings. The summed E-state index contributed by atoms with van der Waals surface area (Å²) in [4.78, 5) is 4.03. The maximum absolute atomic E-state index is 12.0. The molecule has 0 spiro atoms. The number of sulfonamides is 1. The van der Waals surface area contributed by atoms with E-state index >= 15 is 0 Å². The Hall–Kier alpha value is -0.980. The van der Waals surface area contributed by atoms with Crippen LogP contribution in [0.15, 0.2) is 29.4 Å². The highest BCUT2D eigenvalue weighted by Crippen LogP contribution is 2.19. The molecule has 0 bridgehead atoms. The summed E-state index contributed by atoms with van der Waals surface area (Å²) in [5.41, 5.74) is 5.78. The van der Waals surface area contributed by atoms with Crippen LogP contribution in [0.4, 0.5) is 0 Å². The molecule has 0 aromatic carbocycles. The first-order chi connectivity index (χ1) is 8.08. The van der Waals surface area contributed by atoms with E-state index < -0.39 is 10.0 Å². The average Bonchev–Trinajstić information content (AvgIpc) is 2.33. The molecular weight excluding hydrogens is 238 g/mol. The van der Waals surface area contributed by atoms with Gasteiger partial charge < -0.3 is 5.73 Å². The van der Waals surface area contributed by atoms with Crippen molar-refractivity contribution < 1.29 is 8.42 Å². The van der Waals surface area contributed by atoms with Crippen LogP contribution in [0.1, 0.15) is 25.7 Å². The normalized spacial score (nSPS) is 25.7. The van der Waals surface area contributed by atoms with Gasteiger partial charge in [-0.15, -0.1) is 0 Å². The smallest absolute Gasteiger partial charge is 0.242 e. The molecule has 0 unspecified atom stereocenters. The number of aromatic nitrogens is 1. The molecule has 0 aliphatic heterocycles. The maximum atomic E-state index is 12.0. The lowest BCUT2D eigenvalue weighted by Gasteiger charge is -2.26. The van der Waals surface area contributed by atoms with Crippen LogP contribution >= 0.6 is 0 Å². The summed E-state index contributed by atoms with van der Waals surface area (Å²) in [5, 5.41) is 0. The summed E-state index contributed by atoms with van der Waals surface area (Å²) >= 11 is 0. The third-order valence-electron chi connectivity index (χ3n) is 3.04. The number of pyridine rings is 1. The zero-order valence-electron chi connectivity index (χ0n) is 9.54. The molecular formula is C11H17N3O2S. The summed E-state index contributed by atoms with van der Waals surface area (Å²) < 4.78 is 26.7. The minimum absolute atomic E-state index is 0.00000567. The number of nitrogens with one attached hydrogen (secondary N) is 1. The van der Waals surface area contributed by atoms with E-state index in [-0.39, 0.29) is 17.0 Å². The standard InChI is InChI=1S/C11H17N3O2S/c12-9-3-5-10(6-4-9)14-17(15,16)11-2-1-7-13-8-11/h1-2,7-10,14H,3-6,12H2. The van der Waals surface area contributed by atoms with Crippen molar-refractivity contribution >= 4 is 10.0 Å². The Morgan fingerprint density at radius 1 is 1.29 bits per heavy atom. The number of hydrogen-bond acceptors (Lipinski definition) is 4. The van der Waals surface area contributed by atoms with E-state index in [1.165, 1.54) is 6.20 Å². The molecule has 0 atom stereocenters. The van der Waals surface area contributed by atoms with Gasteiger partial charge in [0.25, 0.3) is 0 Å². The van der Waals surface area contributed by atoms with Crippen molar-refractivity contribution in [3.05, 3.63) is 24.5 Å². The molecule has 0 radical (unpaired) electrons. The molecule has 1 fully saturated rings. The topological polar surface area (TPSA) is 85.1 Å². The molecule has 1 aromatic heterocycles. The van der Waals surface area contributed by atoms with Gasteiger partial charge in [-0.05, 0) is 37.8 Å². The van der Waals surface area contributed by atoms with E-state index in [4.69, 9.17) is 5.73 Å². The van der Waals surface area contributed by atoms with Gasteiger partial charge in [0.15, 0.2) is 0 Å². The van der Waals surface area contributed by atoms with Crippen LogP contribution in [0.2, 0.25) is 0 Å². The Bertz CT molecular complexity index is 453. The third-order valence-corrected chi connectivity index (χ3v) is 4.54. The molecule has 0 amide bonds. The van der Waals surface area contributed by atoms with E-state index in [1.54, 1.807) is 18.3 Å². The van der Waals surface area contributed by atoms with Crippen molar-refractivity contribution in [1.29, 1.82) is 0 Å². The number of rotatable bonds is 3. The minimum atomic E-state index is -3.43. The molecule has 17 heavy (non-hydrogen) atoms. The minimum Gasteiger partial charge on any atom is -0.328 e. The third kappa shape index (κ3) is 3.24. The van der Waals surface area contributed by atoms with E-state index in [0.717, 1.165) is 25.7 Å². The van der Waals surface area contributed by atoms with Crippen LogP contribution in [-0.2, 0) is 10.0 Å². The second-order valence-electron chi connectivity index (χ2n) is 4.42. The highest BCUT2D eigenvalue weighted by Gasteiger charge is 2.24. The number of nitrogens with two attached hydrogens (primary N) is 1. The molecule has 6 heteroatoms. The van der Waals surface area contributed by atoms with E-state index in [2.05, 4.69) is 9.71 Å². The van der Waals surface area contributed by atoms with Gasteiger partial charge in [0.1, 0.15) is 4.90 Å². The van der Waals surface area contributed by atoms with Crippen LogP contribution in [0.25, 0.3) is 0 Å². The first-order valence-electron chi connectivity index (χ1n) is 5.76. The van der Waals surface area contributed by atoms with Crippen LogP contribution in [0.3, 0.4) is 0 Å². The molecule has 3 N–H and O–H groups in total. The SMILES string of the molecule is NC1CCC(NS(=O)(=O)c2cccnc2)CC1. The quantitative estimate of drug-likeness (QED) is 0.829. The number of nitrogens with zero attached hydrogens (tertiary/aromatic N) is 1. The van der Waals surface area contributed by atoms with Crippen molar-refractivity contribution in [2.75, 3.05) is 0 Å². The fourth-order valence-corrected chi connectivity index (χ4v) is 3.30. The average molecular weight is 255 g/mol. The molecule has 1 aliphatic carbocycles. The van der Waals surface area contributed by atoms with Gasteiger partial charge in [0, 0.05) is 24.5 Å². The lowest BCUT2D eigenvalue weighted by atomic mass is 9.93. The molecule has 1 saturated carbocycles. The van der Waals surface area contributed by atoms with Crippen molar-refractivity contribution in [1.82, 2.24) is 9.71 Å². The van der Waals surface area contributed by atoms with Gasteiger partial charge in [-0.1, -0.05) is 0 Å². The Morgan fingerprint density at radius 2 is 2.00 bits per heavy atom. The molecule has 0 saturated heterocycles. The second kappa shape index (κ2) is 5.12. The van der Waals surface area contributed by atoms with E-state index in [1.807, 2.05) is 0 Å². The van der Waals surface area contributed by atoms with Crippen molar-refractivity contribution in [3.8, 4) is 0 Å². The van der Waals surface area contributed by atoms with Gasteiger partial charge in [-0.3, -0.25) is 4.98 Å². The Labute approximate surface area is 101 Å². The summed E-state index contributed by atoms with van der Waals surface area (Å²) in [5.74, 6) is 0. The predicted molar refractivity (Wildman–Crippen MR) is 64.8 cm³/mol. The summed E-state index contributed by atoms with van der Waals surface area (Å²) in [7, 11) is -3.43. The highest BCUT2D eigenvalue weighted by molar-refractivity contribution is 7.89. The van der Waals surface area contributed by atoms with Gasteiger partial charge in [-0.2, -0.15) is 0 Å². The van der Waals surface area contributed by atoms with Gasteiger partial charge in [-0.25, -0.2) is 13.1 Å². The van der Waals surface area contributed by atoms with Crippen LogP contribution in [0, 0.1) is 0 Å². The first-order valence-corrected chi connectivity index (χ1v) is 7.24. The molecule has 5 nitrogen and oxygen atoms in total. The summed E-state index contributed by atoms with van der Waals surface area (Å²) in [6, 6.07) is 3.38. The fraction of sp³-hybridized carbons (Fsp3) is 0.545. The first kappa shape index (κ1) is 12.5. The lowest BCUT2D eigenvalue weighted by Crippen LogP contribution is -2.40. The second-order valence-corrected chi connectivity index (χ2v) is 6.14. The molecule has 1 aliphatic rings. The predicted octanol–water partition coefficient (Wildman–Crippen LogP) is 0.630. The molecule has 1 heterocycles. The fourth-order valence-electron chi connectivity index (χ4n) is 2.03. The van der Waals surface area contributed by atoms with Gasteiger partial charge in [0.05, 0.1) is 0 Å². The number of hydrogen-bond donors (Lipinski definition) is 2. The Morgan fingerprint density at radius 3 is 2.59 bits per heavy atom. The zero-order valence-corrected chi connectivity index (χ0v) is 10.4.